The average Bonchev–Trinajstić information content (AvgIpc) is 2.91. The van der Waals surface area contributed by atoms with E-state index in [2.05, 4.69) is 28.7 Å². The summed E-state index contributed by atoms with van der Waals surface area (Å²) < 4.78 is 34.1. The van der Waals surface area contributed by atoms with Crippen molar-refractivity contribution in [3.63, 3.8) is 0 Å². The molecule has 0 radical (unpaired) electrons. The summed E-state index contributed by atoms with van der Waals surface area (Å²) >= 11 is 6.37. The largest absolute Gasteiger partial charge is 0.495 e. The Hall–Kier alpha value is -2.55. The second-order valence-corrected chi connectivity index (χ2v) is 15.5. The van der Waals surface area contributed by atoms with E-state index in [-0.39, 0.29) is 22.8 Å². The third kappa shape index (κ3) is 6.22. The predicted molar refractivity (Wildman–Crippen MR) is 168 cm³/mol. The van der Waals surface area contributed by atoms with Crippen LogP contribution in [-0.4, -0.2) is 50.5 Å². The smallest absolute Gasteiger partial charge is 0.264 e. The van der Waals surface area contributed by atoms with Crippen LogP contribution in [0.25, 0.3) is 0 Å². The van der Waals surface area contributed by atoms with E-state index in [0.717, 1.165) is 42.8 Å². The van der Waals surface area contributed by atoms with E-state index in [1.807, 2.05) is 25.1 Å². The number of nitrogens with one attached hydrogen (secondary N) is 1. The number of nitrogens with zero attached hydrogens (tertiary/aromatic N) is 1. The molecule has 0 spiro atoms. The zero-order valence-corrected chi connectivity index (χ0v) is 26.6. The number of rotatable bonds is 3. The standard InChI is InChI=1S/C33H43ClN2O5S/c1-22-8-5-6-17-33(3,38)28-13-10-25(28)20-36(21-32(2)16-7-9-23-18-26(34)12-14-27(23)32)29-19-24(11-15-30(29)41-4)31(37)35-42(22,39)40/h6,11-12,14-15,17-19,22,25,28,38H,5,7-10,13,16,20-21H2,1-4H3,(H,35,37)/b17-6+/t22-,25+,28-,32+,33-/m1/s1. The van der Waals surface area contributed by atoms with Gasteiger partial charge in [-0.1, -0.05) is 36.7 Å². The Morgan fingerprint density at radius 1 is 1.14 bits per heavy atom. The molecule has 5 atom stereocenters. The van der Waals surface area contributed by atoms with Gasteiger partial charge >= 0.3 is 0 Å². The maximum Gasteiger partial charge on any atom is 0.264 e. The van der Waals surface area contributed by atoms with E-state index < -0.39 is 26.8 Å². The van der Waals surface area contributed by atoms with Crippen molar-refractivity contribution >= 4 is 33.2 Å². The second-order valence-electron chi connectivity index (χ2n) is 12.9. The van der Waals surface area contributed by atoms with Gasteiger partial charge in [-0.15, -0.1) is 0 Å². The number of fused-ring (bicyclic) bond motifs is 4. The van der Waals surface area contributed by atoms with E-state index in [1.54, 1.807) is 32.2 Å². The lowest BCUT2D eigenvalue weighted by atomic mass is 9.64. The molecule has 1 fully saturated rings. The van der Waals surface area contributed by atoms with Crippen molar-refractivity contribution in [3.05, 3.63) is 70.3 Å². The SMILES string of the molecule is COc1ccc2cc1N(C[C@]1(C)CCCc3cc(Cl)ccc31)C[C@@H]1CC[C@H]1[C@](C)(O)/C=C/CC[C@@H](C)S(=O)(=O)NC2=O. The fourth-order valence-corrected chi connectivity index (χ4v) is 8.35. The zero-order valence-electron chi connectivity index (χ0n) is 25.0. The normalized spacial score (nSPS) is 32.1. The van der Waals surface area contributed by atoms with Crippen molar-refractivity contribution < 1.29 is 23.1 Å². The number of benzene rings is 2. The summed E-state index contributed by atoms with van der Waals surface area (Å²) in [7, 11) is -2.29. The summed E-state index contributed by atoms with van der Waals surface area (Å²) in [6.45, 7) is 7.08. The van der Waals surface area contributed by atoms with Crippen LogP contribution >= 0.6 is 11.6 Å². The highest BCUT2D eigenvalue weighted by molar-refractivity contribution is 7.90. The Morgan fingerprint density at radius 2 is 1.93 bits per heavy atom. The molecule has 2 aromatic carbocycles. The fraction of sp³-hybridized carbons (Fsp3) is 0.545. The number of aliphatic hydroxyl groups is 1. The Labute approximate surface area is 255 Å². The molecule has 1 saturated carbocycles. The van der Waals surface area contributed by atoms with Gasteiger partial charge in [0.05, 0.1) is 23.6 Å². The van der Waals surface area contributed by atoms with Crippen molar-refractivity contribution in [2.45, 2.75) is 82.0 Å². The van der Waals surface area contributed by atoms with E-state index in [0.29, 0.717) is 31.7 Å². The Bertz CT molecular complexity index is 1470. The van der Waals surface area contributed by atoms with Gasteiger partial charge in [-0.2, -0.15) is 0 Å². The minimum atomic E-state index is -3.89. The van der Waals surface area contributed by atoms with Crippen molar-refractivity contribution in [1.29, 1.82) is 0 Å². The van der Waals surface area contributed by atoms with Gasteiger partial charge in [-0.25, -0.2) is 13.1 Å². The van der Waals surface area contributed by atoms with Crippen molar-refractivity contribution in [1.82, 2.24) is 4.72 Å². The first-order valence-electron chi connectivity index (χ1n) is 15.0. The van der Waals surface area contributed by atoms with Crippen LogP contribution in [-0.2, 0) is 21.9 Å². The summed E-state index contributed by atoms with van der Waals surface area (Å²) in [5.74, 6) is 0.257. The molecule has 2 aliphatic carbocycles. The summed E-state index contributed by atoms with van der Waals surface area (Å²) in [5.41, 5.74) is 2.34. The van der Waals surface area contributed by atoms with Crippen molar-refractivity contribution in [3.8, 4) is 5.75 Å². The first-order valence-corrected chi connectivity index (χ1v) is 16.9. The Kier molecular flexibility index (Phi) is 8.72. The third-order valence-corrected chi connectivity index (χ3v) is 11.8. The molecule has 2 aromatic rings. The van der Waals surface area contributed by atoms with Crippen LogP contribution in [0.15, 0.2) is 48.6 Å². The molecule has 5 rings (SSSR count). The highest BCUT2D eigenvalue weighted by atomic mass is 35.5. The van der Waals surface area contributed by atoms with E-state index in [1.165, 1.54) is 11.1 Å². The maximum atomic E-state index is 13.3. The number of aryl methyl sites for hydroxylation is 1. The number of carbonyl (C=O) groups excluding carboxylic acids is 1. The Balaban J connectivity index is 1.60. The molecule has 9 heteroatoms. The highest BCUT2D eigenvalue weighted by Crippen LogP contribution is 2.46. The van der Waals surface area contributed by atoms with Gasteiger partial charge in [0.1, 0.15) is 5.75 Å². The first kappa shape index (κ1) is 30.9. The molecular formula is C33H43ClN2O5S. The fourth-order valence-electron chi connectivity index (χ4n) is 7.13. The van der Waals surface area contributed by atoms with Crippen LogP contribution in [0.5, 0.6) is 5.75 Å². The lowest BCUT2D eigenvalue weighted by Crippen LogP contribution is -2.50. The number of sulfonamides is 1. The number of hydrogen-bond donors (Lipinski definition) is 2. The van der Waals surface area contributed by atoms with Crippen LogP contribution in [0.1, 0.15) is 80.8 Å². The molecular weight excluding hydrogens is 572 g/mol. The van der Waals surface area contributed by atoms with Gasteiger partial charge in [0.2, 0.25) is 10.0 Å². The van der Waals surface area contributed by atoms with Gasteiger partial charge in [-0.05, 0) is 112 Å². The molecule has 2 bridgehead atoms. The number of anilines is 1. The molecule has 42 heavy (non-hydrogen) atoms. The van der Waals surface area contributed by atoms with Gasteiger partial charge in [-0.3, -0.25) is 4.79 Å². The number of methoxy groups -OCH3 is 1. The summed E-state index contributed by atoms with van der Waals surface area (Å²) in [5, 5.41) is 11.5. The lowest BCUT2D eigenvalue weighted by Gasteiger charge is -2.48. The zero-order chi connectivity index (χ0) is 30.3. The quantitative estimate of drug-likeness (QED) is 0.410. The lowest BCUT2D eigenvalue weighted by molar-refractivity contribution is -0.0314. The van der Waals surface area contributed by atoms with E-state index in [9.17, 15) is 18.3 Å². The molecule has 2 N–H and O–H groups in total. The number of halogens is 1. The van der Waals surface area contributed by atoms with Crippen LogP contribution in [0.4, 0.5) is 5.69 Å². The monoisotopic (exact) mass is 614 g/mol. The molecule has 228 valence electrons. The molecule has 0 aromatic heterocycles. The second kappa shape index (κ2) is 11.9. The molecule has 0 saturated heterocycles. The minimum absolute atomic E-state index is 0.0630. The van der Waals surface area contributed by atoms with Crippen LogP contribution in [0.2, 0.25) is 5.02 Å². The maximum absolute atomic E-state index is 13.3. The Morgan fingerprint density at radius 3 is 2.64 bits per heavy atom. The number of hydrogen-bond acceptors (Lipinski definition) is 6. The molecule has 3 aliphatic rings. The van der Waals surface area contributed by atoms with Crippen LogP contribution < -0.4 is 14.4 Å². The third-order valence-electron chi connectivity index (χ3n) is 9.80. The molecule has 1 amide bonds. The number of carbonyl (C=O) groups is 1. The minimum Gasteiger partial charge on any atom is -0.495 e. The predicted octanol–water partition coefficient (Wildman–Crippen LogP) is 6.02. The summed E-state index contributed by atoms with van der Waals surface area (Å²) in [6.07, 6.45) is 9.47. The number of amides is 1. The van der Waals surface area contributed by atoms with Crippen molar-refractivity contribution in [2.75, 3.05) is 25.1 Å². The average molecular weight is 615 g/mol. The van der Waals surface area contributed by atoms with E-state index in [4.69, 9.17) is 16.3 Å². The number of allylic oxidation sites excluding steroid dienone is 1. The van der Waals surface area contributed by atoms with Gasteiger partial charge in [0, 0.05) is 29.1 Å². The van der Waals surface area contributed by atoms with E-state index >= 15 is 0 Å². The first-order chi connectivity index (χ1) is 19.8. The molecule has 1 heterocycles. The van der Waals surface area contributed by atoms with Gasteiger partial charge in [0.15, 0.2) is 0 Å². The molecule has 0 unspecified atom stereocenters. The van der Waals surface area contributed by atoms with Gasteiger partial charge in [0.25, 0.3) is 5.91 Å². The number of ether oxygens (including phenoxy) is 1. The van der Waals surface area contributed by atoms with Crippen LogP contribution in [0, 0.1) is 11.8 Å². The summed E-state index contributed by atoms with van der Waals surface area (Å²) in [4.78, 5) is 15.6. The highest BCUT2D eigenvalue weighted by Gasteiger charge is 2.44. The van der Waals surface area contributed by atoms with Crippen LogP contribution in [0.3, 0.4) is 0 Å². The van der Waals surface area contributed by atoms with Gasteiger partial charge < -0.3 is 14.7 Å². The molecule has 1 aliphatic heterocycles. The van der Waals surface area contributed by atoms with Crippen molar-refractivity contribution in [2.24, 2.45) is 11.8 Å². The summed E-state index contributed by atoms with van der Waals surface area (Å²) in [6, 6.07) is 11.3. The topological polar surface area (TPSA) is 95.9 Å². The molecule has 7 nitrogen and oxygen atoms in total.